The van der Waals surface area contributed by atoms with Gasteiger partial charge in [-0.1, -0.05) is 38.1 Å². The smallest absolute Gasteiger partial charge is 0.324 e. The number of aliphatic carboxylic acids is 1. The highest BCUT2D eigenvalue weighted by Crippen LogP contribution is 2.21. The first kappa shape index (κ1) is 14.7. The highest BCUT2D eigenvalue weighted by molar-refractivity contribution is 5.78. The molecule has 0 heterocycles. The van der Waals surface area contributed by atoms with Gasteiger partial charge in [-0.15, -0.1) is 0 Å². The molecule has 0 spiro atoms. The average molecular weight is 249 g/mol. The molecule has 0 aliphatic rings. The lowest BCUT2D eigenvalue weighted by molar-refractivity contribution is -0.148. The van der Waals surface area contributed by atoms with Gasteiger partial charge >= 0.3 is 5.97 Å². The van der Waals surface area contributed by atoms with Gasteiger partial charge in [0.15, 0.2) is 0 Å². The van der Waals surface area contributed by atoms with Crippen LogP contribution in [0.25, 0.3) is 0 Å². The Morgan fingerprint density at radius 3 is 2.11 bits per heavy atom. The van der Waals surface area contributed by atoms with Crippen molar-refractivity contribution >= 4 is 5.97 Å². The molecule has 1 aromatic carbocycles. The molecule has 0 saturated carbocycles. The molecular weight excluding hydrogens is 226 g/mol. The molecule has 1 rings (SSSR count). The Bertz CT molecular complexity index is 409. The zero-order valence-electron chi connectivity index (χ0n) is 11.9. The predicted molar refractivity (Wildman–Crippen MR) is 74.0 cm³/mol. The molecule has 1 atom stereocenters. The van der Waals surface area contributed by atoms with Gasteiger partial charge in [-0.3, -0.25) is 9.69 Å². The summed E-state index contributed by atoms with van der Waals surface area (Å²) in [6.45, 7) is 6.05. The molecular formula is C15H23NO2. The van der Waals surface area contributed by atoms with Crippen LogP contribution in [0.4, 0.5) is 0 Å². The fraction of sp³-hybridized carbons (Fsp3) is 0.533. The predicted octanol–water partition coefficient (Wildman–Crippen LogP) is 2.76. The second kappa shape index (κ2) is 5.53. The monoisotopic (exact) mass is 249 g/mol. The van der Waals surface area contributed by atoms with Crippen LogP contribution in [0.1, 0.15) is 37.8 Å². The number of carbonyl (C=O) groups is 1. The van der Waals surface area contributed by atoms with Gasteiger partial charge in [-0.05, 0) is 38.1 Å². The lowest BCUT2D eigenvalue weighted by atomic mass is 9.90. The van der Waals surface area contributed by atoms with E-state index in [0.29, 0.717) is 12.3 Å². The lowest BCUT2D eigenvalue weighted by Crippen LogP contribution is -2.50. The Morgan fingerprint density at radius 1 is 1.28 bits per heavy atom. The summed E-state index contributed by atoms with van der Waals surface area (Å²) >= 11 is 0. The van der Waals surface area contributed by atoms with Crippen molar-refractivity contribution in [2.45, 2.75) is 38.6 Å². The van der Waals surface area contributed by atoms with E-state index >= 15 is 0 Å². The summed E-state index contributed by atoms with van der Waals surface area (Å²) in [4.78, 5) is 13.2. The minimum absolute atomic E-state index is 0.499. The van der Waals surface area contributed by atoms with E-state index in [0.717, 1.165) is 5.56 Å². The molecule has 0 aliphatic carbocycles. The molecule has 0 saturated heterocycles. The molecule has 1 N–H and O–H groups in total. The second-order valence-electron chi connectivity index (χ2n) is 5.55. The summed E-state index contributed by atoms with van der Waals surface area (Å²) in [6, 6.07) is 8.22. The van der Waals surface area contributed by atoms with Crippen molar-refractivity contribution in [1.29, 1.82) is 0 Å². The summed E-state index contributed by atoms with van der Waals surface area (Å²) in [5.74, 6) is -0.292. The van der Waals surface area contributed by atoms with E-state index < -0.39 is 11.5 Å². The number of nitrogens with zero attached hydrogens (tertiary/aromatic N) is 1. The Kier molecular flexibility index (Phi) is 4.52. The van der Waals surface area contributed by atoms with E-state index in [1.807, 2.05) is 12.1 Å². The Hall–Kier alpha value is -1.35. The number of carboxylic acids is 1. The molecule has 0 fully saturated rings. The summed E-state index contributed by atoms with van der Waals surface area (Å²) in [5, 5.41) is 9.37. The van der Waals surface area contributed by atoms with Crippen molar-refractivity contribution in [2.75, 3.05) is 14.1 Å². The van der Waals surface area contributed by atoms with Gasteiger partial charge in [0.25, 0.3) is 0 Å². The van der Waals surface area contributed by atoms with Crippen LogP contribution < -0.4 is 0 Å². The van der Waals surface area contributed by atoms with Crippen LogP contribution in [0, 0.1) is 0 Å². The average Bonchev–Trinajstić information content (AvgIpc) is 2.29. The fourth-order valence-electron chi connectivity index (χ4n) is 1.84. The van der Waals surface area contributed by atoms with Gasteiger partial charge in [0.1, 0.15) is 5.54 Å². The zero-order chi connectivity index (χ0) is 13.9. The van der Waals surface area contributed by atoms with Crippen molar-refractivity contribution in [3.8, 4) is 0 Å². The maximum atomic E-state index is 11.4. The standard InChI is InChI=1S/C15H23NO2/c1-11(2)13-8-6-12(7-9-13)10-15(3,14(17)18)16(4)5/h6-9,11H,10H2,1-5H3,(H,17,18). The summed E-state index contributed by atoms with van der Waals surface area (Å²) in [5.41, 5.74) is 1.47. The molecule has 100 valence electrons. The van der Waals surface area contributed by atoms with Crippen LogP contribution in [0.3, 0.4) is 0 Å². The van der Waals surface area contributed by atoms with E-state index in [2.05, 4.69) is 26.0 Å². The Balaban J connectivity index is 2.92. The highest BCUT2D eigenvalue weighted by Gasteiger charge is 2.35. The minimum atomic E-state index is -0.862. The molecule has 1 unspecified atom stereocenters. The third kappa shape index (κ3) is 3.10. The molecule has 0 aromatic heterocycles. The summed E-state index contributed by atoms with van der Waals surface area (Å²) in [6.07, 6.45) is 0.508. The third-order valence-electron chi connectivity index (χ3n) is 3.64. The summed E-state index contributed by atoms with van der Waals surface area (Å²) in [7, 11) is 3.60. The van der Waals surface area contributed by atoms with Gasteiger partial charge in [-0.2, -0.15) is 0 Å². The topological polar surface area (TPSA) is 40.5 Å². The molecule has 1 aromatic rings. The maximum Gasteiger partial charge on any atom is 0.324 e. The number of likely N-dealkylation sites (N-methyl/N-ethyl adjacent to an activating group) is 1. The van der Waals surface area contributed by atoms with E-state index in [1.165, 1.54) is 5.56 Å². The Morgan fingerprint density at radius 2 is 1.78 bits per heavy atom. The van der Waals surface area contributed by atoms with Gasteiger partial charge < -0.3 is 5.11 Å². The molecule has 3 heteroatoms. The molecule has 18 heavy (non-hydrogen) atoms. The van der Waals surface area contributed by atoms with Gasteiger partial charge in [0.2, 0.25) is 0 Å². The van der Waals surface area contributed by atoms with Crippen molar-refractivity contribution in [3.63, 3.8) is 0 Å². The third-order valence-corrected chi connectivity index (χ3v) is 3.64. The van der Waals surface area contributed by atoms with Gasteiger partial charge in [0, 0.05) is 6.42 Å². The normalized spacial score (nSPS) is 14.8. The zero-order valence-corrected chi connectivity index (χ0v) is 11.9. The van der Waals surface area contributed by atoms with Crippen LogP contribution in [-0.2, 0) is 11.2 Å². The lowest BCUT2D eigenvalue weighted by Gasteiger charge is -2.32. The molecule has 0 radical (unpaired) electrons. The molecule has 0 bridgehead atoms. The second-order valence-corrected chi connectivity index (χ2v) is 5.55. The first-order valence-electron chi connectivity index (χ1n) is 6.27. The van der Waals surface area contributed by atoms with E-state index in [-0.39, 0.29) is 0 Å². The minimum Gasteiger partial charge on any atom is -0.480 e. The van der Waals surface area contributed by atoms with Crippen molar-refractivity contribution in [2.24, 2.45) is 0 Å². The van der Waals surface area contributed by atoms with Crippen molar-refractivity contribution < 1.29 is 9.90 Å². The van der Waals surface area contributed by atoms with Crippen LogP contribution in [-0.4, -0.2) is 35.6 Å². The fourth-order valence-corrected chi connectivity index (χ4v) is 1.84. The molecule has 0 amide bonds. The first-order valence-corrected chi connectivity index (χ1v) is 6.27. The largest absolute Gasteiger partial charge is 0.480 e. The molecule has 3 nitrogen and oxygen atoms in total. The SMILES string of the molecule is CC(C)c1ccc(CC(C)(C(=O)O)N(C)C)cc1. The Labute approximate surface area is 109 Å². The van der Waals surface area contributed by atoms with Crippen LogP contribution in [0.15, 0.2) is 24.3 Å². The van der Waals surface area contributed by atoms with Crippen LogP contribution in [0.5, 0.6) is 0 Å². The van der Waals surface area contributed by atoms with E-state index in [4.69, 9.17) is 0 Å². The maximum absolute atomic E-state index is 11.4. The highest BCUT2D eigenvalue weighted by atomic mass is 16.4. The number of carboxylic acid groups (broad SMARTS) is 1. The van der Waals surface area contributed by atoms with E-state index in [1.54, 1.807) is 25.9 Å². The van der Waals surface area contributed by atoms with Crippen molar-refractivity contribution in [1.82, 2.24) is 4.90 Å². The molecule has 0 aliphatic heterocycles. The number of hydrogen-bond acceptors (Lipinski definition) is 2. The van der Waals surface area contributed by atoms with Crippen molar-refractivity contribution in [3.05, 3.63) is 35.4 Å². The number of benzene rings is 1. The quantitative estimate of drug-likeness (QED) is 0.872. The van der Waals surface area contributed by atoms with Gasteiger partial charge in [0.05, 0.1) is 0 Å². The van der Waals surface area contributed by atoms with E-state index in [9.17, 15) is 9.90 Å². The van der Waals surface area contributed by atoms with Crippen LogP contribution >= 0.6 is 0 Å². The number of rotatable bonds is 5. The first-order chi connectivity index (χ1) is 8.27. The van der Waals surface area contributed by atoms with Crippen LogP contribution in [0.2, 0.25) is 0 Å². The number of hydrogen-bond donors (Lipinski definition) is 1. The van der Waals surface area contributed by atoms with Gasteiger partial charge in [-0.25, -0.2) is 0 Å². The summed E-state index contributed by atoms with van der Waals surface area (Å²) < 4.78 is 0.